The lowest BCUT2D eigenvalue weighted by molar-refractivity contribution is 0.0954. The highest BCUT2D eigenvalue weighted by Gasteiger charge is 2.08. The van der Waals surface area contributed by atoms with E-state index in [1.807, 2.05) is 0 Å². The summed E-state index contributed by atoms with van der Waals surface area (Å²) < 4.78 is 4.60. The summed E-state index contributed by atoms with van der Waals surface area (Å²) in [7, 11) is 0. The predicted molar refractivity (Wildman–Crippen MR) is 73.2 cm³/mol. The molecule has 0 bridgehead atoms. The number of aromatic nitrogens is 2. The Kier molecular flexibility index (Phi) is 5.29. The minimum Gasteiger partial charge on any atom is -0.395 e. The molecule has 0 saturated heterocycles. The molecule has 6 nitrogen and oxygen atoms in total. The molecule has 2 aromatic heterocycles. The first-order valence-electron chi connectivity index (χ1n) is 6.01. The third-order valence-electron chi connectivity index (χ3n) is 2.35. The highest BCUT2D eigenvalue weighted by Crippen LogP contribution is 2.13. The molecule has 20 heavy (non-hydrogen) atoms. The monoisotopic (exact) mass is 291 g/mol. The van der Waals surface area contributed by atoms with E-state index in [0.717, 1.165) is 4.88 Å². The van der Waals surface area contributed by atoms with E-state index in [2.05, 4.69) is 31.8 Å². The number of rotatable bonds is 5. The van der Waals surface area contributed by atoms with Crippen molar-refractivity contribution in [3.05, 3.63) is 34.1 Å². The lowest BCUT2D eigenvalue weighted by Gasteiger charge is -2.00. The molecule has 0 radical (unpaired) electrons. The minimum atomic E-state index is -0.153. The molecule has 104 valence electrons. The summed E-state index contributed by atoms with van der Waals surface area (Å²) in [4.78, 5) is 16.5. The maximum atomic E-state index is 11.9. The minimum absolute atomic E-state index is 0.0435. The van der Waals surface area contributed by atoms with Gasteiger partial charge in [0.1, 0.15) is 0 Å². The summed E-state index contributed by atoms with van der Waals surface area (Å²) in [6.45, 7) is 0.488. The Bertz CT molecular complexity index is 610. The quantitative estimate of drug-likeness (QED) is 0.797. The Morgan fingerprint density at radius 3 is 3.20 bits per heavy atom. The maximum absolute atomic E-state index is 11.9. The average Bonchev–Trinajstić information content (AvgIpc) is 3.10. The molecule has 0 aromatic carbocycles. The fourth-order valence-electron chi connectivity index (χ4n) is 1.42. The van der Waals surface area contributed by atoms with Gasteiger partial charge in [-0.2, -0.15) is 4.98 Å². The lowest BCUT2D eigenvalue weighted by Crippen LogP contribution is -2.25. The van der Waals surface area contributed by atoms with Gasteiger partial charge in [0.25, 0.3) is 5.91 Å². The van der Waals surface area contributed by atoms with E-state index in [-0.39, 0.29) is 12.5 Å². The molecule has 0 saturated carbocycles. The van der Waals surface area contributed by atoms with Gasteiger partial charge in [-0.15, -0.1) is 11.3 Å². The largest absolute Gasteiger partial charge is 0.395 e. The summed E-state index contributed by atoms with van der Waals surface area (Å²) in [5.74, 6) is 6.12. The van der Waals surface area contributed by atoms with Crippen LogP contribution < -0.4 is 5.32 Å². The first kappa shape index (κ1) is 14.2. The van der Waals surface area contributed by atoms with Crippen molar-refractivity contribution in [1.29, 1.82) is 0 Å². The van der Waals surface area contributed by atoms with E-state index in [4.69, 9.17) is 5.11 Å². The number of hydrogen-bond donors (Lipinski definition) is 2. The lowest BCUT2D eigenvalue weighted by atomic mass is 10.3. The van der Waals surface area contributed by atoms with Crippen molar-refractivity contribution in [2.75, 3.05) is 13.2 Å². The Hall–Kier alpha value is -2.17. The van der Waals surface area contributed by atoms with E-state index >= 15 is 0 Å². The fourth-order valence-corrected chi connectivity index (χ4v) is 2.17. The molecular formula is C13H13N3O3S. The van der Waals surface area contributed by atoms with E-state index in [0.29, 0.717) is 30.8 Å². The maximum Gasteiger partial charge on any atom is 0.252 e. The Labute approximate surface area is 119 Å². The number of carbonyl (C=O) groups is 1. The number of nitrogens with one attached hydrogen (secondary N) is 1. The number of aliphatic hydroxyl groups is 1. The van der Waals surface area contributed by atoms with E-state index in [9.17, 15) is 4.79 Å². The van der Waals surface area contributed by atoms with Gasteiger partial charge < -0.3 is 14.9 Å². The molecule has 0 aliphatic carbocycles. The second-order valence-corrected chi connectivity index (χ2v) is 4.74. The molecule has 2 N–H and O–H groups in total. The second kappa shape index (κ2) is 7.43. The fraction of sp³-hybridized carbons (Fsp3) is 0.308. The third-order valence-corrected chi connectivity index (χ3v) is 3.20. The van der Waals surface area contributed by atoms with Crippen molar-refractivity contribution in [2.24, 2.45) is 0 Å². The molecule has 0 aliphatic rings. The van der Waals surface area contributed by atoms with E-state index < -0.39 is 0 Å². The Morgan fingerprint density at radius 1 is 1.55 bits per heavy atom. The van der Waals surface area contributed by atoms with Crippen molar-refractivity contribution in [1.82, 2.24) is 15.5 Å². The van der Waals surface area contributed by atoms with Gasteiger partial charge >= 0.3 is 0 Å². The van der Waals surface area contributed by atoms with Gasteiger partial charge in [-0.1, -0.05) is 17.0 Å². The highest BCUT2D eigenvalue weighted by atomic mass is 32.1. The summed E-state index contributed by atoms with van der Waals surface area (Å²) in [6, 6.07) is 1.73. The summed E-state index contributed by atoms with van der Waals surface area (Å²) in [5, 5.41) is 16.8. The van der Waals surface area contributed by atoms with Crippen LogP contribution in [0.2, 0.25) is 0 Å². The molecule has 0 unspecified atom stereocenters. The Morgan fingerprint density at radius 2 is 2.45 bits per heavy atom. The zero-order chi connectivity index (χ0) is 14.2. The number of carbonyl (C=O) groups excluding carboxylic acids is 1. The number of hydrogen-bond acceptors (Lipinski definition) is 6. The van der Waals surface area contributed by atoms with Crippen LogP contribution >= 0.6 is 11.3 Å². The van der Waals surface area contributed by atoms with Crippen molar-refractivity contribution in [3.63, 3.8) is 0 Å². The summed E-state index contributed by atoms with van der Waals surface area (Å²) >= 11 is 1.40. The van der Waals surface area contributed by atoms with Gasteiger partial charge in [-0.3, -0.25) is 4.79 Å². The van der Waals surface area contributed by atoms with Crippen LogP contribution in [0.15, 0.2) is 22.4 Å². The van der Waals surface area contributed by atoms with Crippen LogP contribution in [0.3, 0.4) is 0 Å². The van der Waals surface area contributed by atoms with Crippen molar-refractivity contribution >= 4 is 17.2 Å². The first-order valence-corrected chi connectivity index (χ1v) is 6.89. The summed E-state index contributed by atoms with van der Waals surface area (Å²) in [5.41, 5.74) is 0.580. The van der Waals surface area contributed by atoms with Gasteiger partial charge in [0.05, 0.1) is 17.0 Å². The van der Waals surface area contributed by atoms with Crippen molar-refractivity contribution in [2.45, 2.75) is 12.8 Å². The first-order chi connectivity index (χ1) is 9.79. The van der Waals surface area contributed by atoms with Crippen LogP contribution in [0.4, 0.5) is 0 Å². The standard InChI is InChI=1S/C13H13N3O3S/c17-6-2-1-3-11-7-10(8-20-11)13(18)14-5-4-12-15-9-19-16-12/h7-9,17H,2,4-6H2,(H,14,18). The smallest absolute Gasteiger partial charge is 0.252 e. The number of thiophene rings is 1. The average molecular weight is 291 g/mol. The highest BCUT2D eigenvalue weighted by molar-refractivity contribution is 7.10. The van der Waals surface area contributed by atoms with Crippen LogP contribution in [0.1, 0.15) is 27.5 Å². The Balaban J connectivity index is 1.82. The molecule has 0 spiro atoms. The molecule has 0 aliphatic heterocycles. The van der Waals surface area contributed by atoms with Gasteiger partial charge in [0.15, 0.2) is 5.82 Å². The number of amides is 1. The predicted octanol–water partition coefficient (Wildman–Crippen LogP) is 0.837. The molecule has 0 fully saturated rings. The third kappa shape index (κ3) is 4.19. The topological polar surface area (TPSA) is 88.3 Å². The second-order valence-electron chi connectivity index (χ2n) is 3.83. The molecule has 0 atom stereocenters. The molecule has 2 heterocycles. The molecule has 7 heteroatoms. The van der Waals surface area contributed by atoms with E-state index in [1.54, 1.807) is 11.4 Å². The van der Waals surface area contributed by atoms with Crippen molar-refractivity contribution < 1.29 is 14.4 Å². The molecular weight excluding hydrogens is 278 g/mol. The van der Waals surface area contributed by atoms with Crippen LogP contribution in [0, 0.1) is 11.8 Å². The van der Waals surface area contributed by atoms with Crippen LogP contribution in [-0.2, 0) is 6.42 Å². The molecule has 2 aromatic rings. The normalized spacial score (nSPS) is 9.85. The molecule has 1 amide bonds. The van der Waals surface area contributed by atoms with Gasteiger partial charge in [-0.25, -0.2) is 0 Å². The van der Waals surface area contributed by atoms with Crippen LogP contribution in [0.5, 0.6) is 0 Å². The van der Waals surface area contributed by atoms with Gasteiger partial charge in [-0.05, 0) is 6.07 Å². The van der Waals surface area contributed by atoms with E-state index in [1.165, 1.54) is 17.7 Å². The number of nitrogens with zero attached hydrogens (tertiary/aromatic N) is 2. The number of aliphatic hydroxyl groups excluding tert-OH is 1. The van der Waals surface area contributed by atoms with Crippen LogP contribution in [0.25, 0.3) is 0 Å². The summed E-state index contributed by atoms with van der Waals surface area (Å²) in [6.07, 6.45) is 2.22. The zero-order valence-corrected chi connectivity index (χ0v) is 11.4. The van der Waals surface area contributed by atoms with Crippen LogP contribution in [-0.4, -0.2) is 34.3 Å². The zero-order valence-electron chi connectivity index (χ0n) is 10.6. The van der Waals surface area contributed by atoms with Crippen molar-refractivity contribution in [3.8, 4) is 11.8 Å². The van der Waals surface area contributed by atoms with Gasteiger partial charge in [0, 0.05) is 24.8 Å². The van der Waals surface area contributed by atoms with Gasteiger partial charge in [0.2, 0.25) is 6.39 Å². The molecule has 2 rings (SSSR count). The SMILES string of the molecule is O=C(NCCc1ncon1)c1csc(C#CCCO)c1.